The van der Waals surface area contributed by atoms with Gasteiger partial charge in [0, 0.05) is 31.4 Å². The van der Waals surface area contributed by atoms with E-state index in [1.807, 2.05) is 6.07 Å². The summed E-state index contributed by atoms with van der Waals surface area (Å²) in [5.74, 6) is -0.276. The topological polar surface area (TPSA) is 26.7 Å². The molecule has 0 aliphatic carbocycles. The molecule has 1 aromatic rings. The minimum Gasteiger partial charge on any atom is -0.392 e. The molecule has 1 fully saturated rings. The van der Waals surface area contributed by atoms with Crippen molar-refractivity contribution in [3.05, 3.63) is 29.6 Å². The first-order chi connectivity index (χ1) is 8.63. The summed E-state index contributed by atoms with van der Waals surface area (Å²) in [7, 11) is 0. The Bertz CT molecular complexity index is 411. The van der Waals surface area contributed by atoms with E-state index in [2.05, 4.69) is 23.6 Å². The van der Waals surface area contributed by atoms with Gasteiger partial charge in [0.15, 0.2) is 0 Å². The summed E-state index contributed by atoms with van der Waals surface area (Å²) in [6.07, 6.45) is 0. The van der Waals surface area contributed by atoms with Gasteiger partial charge in [-0.2, -0.15) is 0 Å². The number of nitrogens with zero attached hydrogens (tertiary/aromatic N) is 2. The molecule has 0 spiro atoms. The first kappa shape index (κ1) is 13.3. The van der Waals surface area contributed by atoms with Gasteiger partial charge in [0.05, 0.1) is 6.61 Å². The predicted molar refractivity (Wildman–Crippen MR) is 71.2 cm³/mol. The molecule has 1 aliphatic rings. The summed E-state index contributed by atoms with van der Waals surface area (Å²) in [4.78, 5) is 4.61. The Morgan fingerprint density at radius 3 is 2.72 bits per heavy atom. The van der Waals surface area contributed by atoms with Gasteiger partial charge in [-0.1, -0.05) is 6.92 Å². The van der Waals surface area contributed by atoms with Crippen molar-refractivity contribution in [3.63, 3.8) is 0 Å². The van der Waals surface area contributed by atoms with Crippen LogP contribution in [0.5, 0.6) is 0 Å². The molecular formula is C14H21FN2O. The number of benzene rings is 1. The van der Waals surface area contributed by atoms with Crippen LogP contribution in [0.3, 0.4) is 0 Å². The van der Waals surface area contributed by atoms with Crippen LogP contribution in [0, 0.1) is 5.82 Å². The van der Waals surface area contributed by atoms with Gasteiger partial charge in [-0.25, -0.2) is 4.39 Å². The van der Waals surface area contributed by atoms with Crippen molar-refractivity contribution in [3.8, 4) is 0 Å². The summed E-state index contributed by atoms with van der Waals surface area (Å²) < 4.78 is 13.5. The summed E-state index contributed by atoms with van der Waals surface area (Å²) in [5, 5.41) is 9.12. The van der Waals surface area contributed by atoms with Crippen molar-refractivity contribution in [2.45, 2.75) is 26.5 Å². The fraction of sp³-hybridized carbons (Fsp3) is 0.571. The molecule has 1 aromatic carbocycles. The Labute approximate surface area is 108 Å². The van der Waals surface area contributed by atoms with Crippen LogP contribution >= 0.6 is 0 Å². The molecule has 0 bridgehead atoms. The van der Waals surface area contributed by atoms with Crippen LogP contribution < -0.4 is 4.90 Å². The Balaban J connectivity index is 2.15. The van der Waals surface area contributed by atoms with Crippen molar-refractivity contribution < 1.29 is 9.50 Å². The summed E-state index contributed by atoms with van der Waals surface area (Å²) >= 11 is 0. The van der Waals surface area contributed by atoms with E-state index >= 15 is 0 Å². The molecule has 0 aromatic heterocycles. The maximum Gasteiger partial charge on any atom is 0.125 e. The second kappa shape index (κ2) is 5.67. The monoisotopic (exact) mass is 252 g/mol. The molecule has 1 aliphatic heterocycles. The lowest BCUT2D eigenvalue weighted by atomic mass is 10.1. The van der Waals surface area contributed by atoms with Gasteiger partial charge in [0.2, 0.25) is 0 Å². The van der Waals surface area contributed by atoms with E-state index in [0.717, 1.165) is 31.9 Å². The molecule has 1 heterocycles. The molecule has 0 amide bonds. The number of aliphatic hydroxyl groups is 1. The van der Waals surface area contributed by atoms with E-state index < -0.39 is 0 Å². The molecule has 2 rings (SSSR count). The lowest BCUT2D eigenvalue weighted by molar-refractivity contribution is 0.199. The average molecular weight is 252 g/mol. The number of piperazine rings is 1. The number of rotatable bonds is 3. The molecule has 100 valence electrons. The van der Waals surface area contributed by atoms with Crippen LogP contribution in [0.25, 0.3) is 0 Å². The first-order valence-electron chi connectivity index (χ1n) is 6.53. The fourth-order valence-electron chi connectivity index (χ4n) is 2.61. The molecule has 0 radical (unpaired) electrons. The second-order valence-electron chi connectivity index (χ2n) is 4.90. The van der Waals surface area contributed by atoms with E-state index in [-0.39, 0.29) is 12.4 Å². The van der Waals surface area contributed by atoms with Gasteiger partial charge in [-0.3, -0.25) is 4.90 Å². The van der Waals surface area contributed by atoms with E-state index in [4.69, 9.17) is 5.11 Å². The largest absolute Gasteiger partial charge is 0.392 e. The molecule has 3 nitrogen and oxygen atoms in total. The van der Waals surface area contributed by atoms with Crippen LogP contribution in [0.4, 0.5) is 10.1 Å². The van der Waals surface area contributed by atoms with Crippen molar-refractivity contribution in [1.82, 2.24) is 4.90 Å². The quantitative estimate of drug-likeness (QED) is 0.889. The average Bonchev–Trinajstić information content (AvgIpc) is 2.37. The molecule has 1 saturated heterocycles. The Morgan fingerprint density at radius 1 is 1.33 bits per heavy atom. The molecule has 1 N–H and O–H groups in total. The third-order valence-electron chi connectivity index (χ3n) is 3.66. The maximum atomic E-state index is 13.5. The zero-order chi connectivity index (χ0) is 13.1. The van der Waals surface area contributed by atoms with Gasteiger partial charge < -0.3 is 10.0 Å². The highest BCUT2D eigenvalue weighted by molar-refractivity contribution is 5.49. The highest BCUT2D eigenvalue weighted by atomic mass is 19.1. The molecule has 1 atom stereocenters. The van der Waals surface area contributed by atoms with E-state index in [1.165, 1.54) is 6.07 Å². The van der Waals surface area contributed by atoms with Gasteiger partial charge >= 0.3 is 0 Å². The summed E-state index contributed by atoms with van der Waals surface area (Å²) in [6, 6.07) is 5.28. The van der Waals surface area contributed by atoms with Crippen LogP contribution in [-0.4, -0.2) is 42.2 Å². The second-order valence-corrected chi connectivity index (χ2v) is 4.90. The molecule has 1 unspecified atom stereocenters. The van der Waals surface area contributed by atoms with Crippen molar-refractivity contribution >= 4 is 5.69 Å². The van der Waals surface area contributed by atoms with Crippen LogP contribution in [0.1, 0.15) is 19.4 Å². The van der Waals surface area contributed by atoms with E-state index in [0.29, 0.717) is 11.6 Å². The third kappa shape index (κ3) is 2.82. The minimum absolute atomic E-state index is 0.116. The number of aliphatic hydroxyl groups excluding tert-OH is 1. The fourth-order valence-corrected chi connectivity index (χ4v) is 2.61. The van der Waals surface area contributed by atoms with Gasteiger partial charge in [-0.05, 0) is 37.2 Å². The van der Waals surface area contributed by atoms with Crippen LogP contribution in [-0.2, 0) is 6.61 Å². The smallest absolute Gasteiger partial charge is 0.125 e. The van der Waals surface area contributed by atoms with Gasteiger partial charge in [0.1, 0.15) is 5.82 Å². The lowest BCUT2D eigenvalue weighted by Gasteiger charge is -2.40. The predicted octanol–water partition coefficient (Wildman–Crippen LogP) is 1.85. The zero-order valence-electron chi connectivity index (χ0n) is 11.1. The van der Waals surface area contributed by atoms with Crippen molar-refractivity contribution in [2.75, 3.05) is 31.1 Å². The van der Waals surface area contributed by atoms with Gasteiger partial charge in [-0.15, -0.1) is 0 Å². The standard InChI is InChI=1S/C14H21FN2O/c1-3-16-4-5-17(9-11(16)2)14-7-12(10-18)6-13(15)8-14/h6-8,11,18H,3-5,9-10H2,1-2H3. The SMILES string of the molecule is CCN1CCN(c2cc(F)cc(CO)c2)CC1C. The Hall–Kier alpha value is -1.13. The number of hydrogen-bond donors (Lipinski definition) is 1. The summed E-state index contributed by atoms with van der Waals surface area (Å²) in [5.41, 5.74) is 1.51. The maximum absolute atomic E-state index is 13.5. The zero-order valence-corrected chi connectivity index (χ0v) is 11.1. The number of halogens is 1. The summed E-state index contributed by atoms with van der Waals surface area (Å²) in [6.45, 7) is 8.12. The van der Waals surface area contributed by atoms with Crippen LogP contribution in [0.15, 0.2) is 18.2 Å². The van der Waals surface area contributed by atoms with Crippen molar-refractivity contribution in [1.29, 1.82) is 0 Å². The number of hydrogen-bond acceptors (Lipinski definition) is 3. The van der Waals surface area contributed by atoms with E-state index in [1.54, 1.807) is 6.07 Å². The van der Waals surface area contributed by atoms with Crippen molar-refractivity contribution in [2.24, 2.45) is 0 Å². The Kier molecular flexibility index (Phi) is 4.19. The normalized spacial score (nSPS) is 21.3. The molecule has 4 heteroatoms. The highest BCUT2D eigenvalue weighted by Crippen LogP contribution is 2.22. The highest BCUT2D eigenvalue weighted by Gasteiger charge is 2.22. The molecule has 0 saturated carbocycles. The van der Waals surface area contributed by atoms with Gasteiger partial charge in [0.25, 0.3) is 0 Å². The first-order valence-corrected chi connectivity index (χ1v) is 6.53. The number of likely N-dealkylation sites (N-methyl/N-ethyl adjacent to an activating group) is 1. The van der Waals surface area contributed by atoms with Crippen LogP contribution in [0.2, 0.25) is 0 Å². The third-order valence-corrected chi connectivity index (χ3v) is 3.66. The lowest BCUT2D eigenvalue weighted by Crippen LogP contribution is -2.51. The molecular weight excluding hydrogens is 231 g/mol. The molecule has 18 heavy (non-hydrogen) atoms. The number of anilines is 1. The minimum atomic E-state index is -0.276. The Morgan fingerprint density at radius 2 is 2.11 bits per heavy atom. The van der Waals surface area contributed by atoms with E-state index in [9.17, 15) is 4.39 Å².